The third-order valence-electron chi connectivity index (χ3n) is 5.90. The summed E-state index contributed by atoms with van der Waals surface area (Å²) in [7, 11) is 0. The first kappa shape index (κ1) is 22.1. The van der Waals surface area contributed by atoms with Crippen LogP contribution in [0.1, 0.15) is 21.5 Å². The van der Waals surface area contributed by atoms with Crippen LogP contribution in [0.3, 0.4) is 0 Å². The average molecular weight is 457 g/mol. The Morgan fingerprint density at radius 1 is 0.657 bits per heavy atom. The van der Waals surface area contributed by atoms with E-state index in [9.17, 15) is 9.59 Å². The van der Waals surface area contributed by atoms with E-state index in [1.54, 1.807) is 18.2 Å². The standard InChI is InChI=1S/C31H24N2O2/c1-21-10-13-25(14-11-21)30(34)33-29(19-22-12-15-23-6-2-4-8-26(23)18-22)31(35)32-28-17-16-24-7-3-5-9-27(24)20-28/h2-20H,1H3,(H,32,35)(H,33,34). The van der Waals surface area contributed by atoms with E-state index < -0.39 is 5.91 Å². The molecule has 5 aromatic carbocycles. The van der Waals surface area contributed by atoms with Crippen LogP contribution in [0.5, 0.6) is 0 Å². The van der Waals surface area contributed by atoms with Crippen molar-refractivity contribution in [2.45, 2.75) is 6.92 Å². The highest BCUT2D eigenvalue weighted by Gasteiger charge is 2.15. The smallest absolute Gasteiger partial charge is 0.272 e. The summed E-state index contributed by atoms with van der Waals surface area (Å²) in [5.74, 6) is -0.736. The van der Waals surface area contributed by atoms with Gasteiger partial charge in [-0.25, -0.2) is 0 Å². The van der Waals surface area contributed by atoms with Crippen molar-refractivity contribution in [2.75, 3.05) is 5.32 Å². The maximum atomic E-state index is 13.3. The van der Waals surface area contributed by atoms with Gasteiger partial charge in [0.25, 0.3) is 11.8 Å². The lowest BCUT2D eigenvalue weighted by atomic mass is 10.1. The monoisotopic (exact) mass is 456 g/mol. The Bertz CT molecular complexity index is 1580. The maximum Gasteiger partial charge on any atom is 0.272 e. The molecule has 2 N–H and O–H groups in total. The number of amides is 2. The molecule has 0 atom stereocenters. The first-order valence-corrected chi connectivity index (χ1v) is 11.4. The molecular formula is C31H24N2O2. The molecule has 4 nitrogen and oxygen atoms in total. The molecule has 4 heteroatoms. The Balaban J connectivity index is 1.47. The summed E-state index contributed by atoms with van der Waals surface area (Å²) >= 11 is 0. The molecule has 5 rings (SSSR count). The Kier molecular flexibility index (Phi) is 6.10. The van der Waals surface area contributed by atoms with Crippen molar-refractivity contribution in [3.63, 3.8) is 0 Å². The van der Waals surface area contributed by atoms with Gasteiger partial charge in [0.2, 0.25) is 0 Å². The van der Waals surface area contributed by atoms with E-state index in [-0.39, 0.29) is 11.6 Å². The SMILES string of the molecule is Cc1ccc(C(=O)NC(=Cc2ccc3ccccc3c2)C(=O)Nc2ccc3ccccc3c2)cc1. The van der Waals surface area contributed by atoms with Crippen molar-refractivity contribution in [2.24, 2.45) is 0 Å². The number of benzene rings is 5. The van der Waals surface area contributed by atoms with Gasteiger partial charge >= 0.3 is 0 Å². The van der Waals surface area contributed by atoms with Gasteiger partial charge in [-0.05, 0) is 70.4 Å². The van der Waals surface area contributed by atoms with Gasteiger partial charge in [-0.1, -0.05) is 84.4 Å². The van der Waals surface area contributed by atoms with E-state index in [0.717, 1.165) is 32.7 Å². The third-order valence-corrected chi connectivity index (χ3v) is 5.90. The van der Waals surface area contributed by atoms with Crippen LogP contribution < -0.4 is 10.6 Å². The van der Waals surface area contributed by atoms with Crippen molar-refractivity contribution in [1.29, 1.82) is 0 Å². The molecule has 0 unspecified atom stereocenters. The summed E-state index contributed by atoms with van der Waals surface area (Å²) in [6, 6.07) is 34.9. The van der Waals surface area contributed by atoms with E-state index in [2.05, 4.69) is 10.6 Å². The van der Waals surface area contributed by atoms with Gasteiger partial charge in [0.1, 0.15) is 5.70 Å². The van der Waals surface area contributed by atoms with Crippen LogP contribution in [0.15, 0.2) is 115 Å². The Labute approximate surface area is 203 Å². The molecular weight excluding hydrogens is 432 g/mol. The predicted molar refractivity (Wildman–Crippen MR) is 143 cm³/mol. The lowest BCUT2D eigenvalue weighted by Crippen LogP contribution is -2.30. The summed E-state index contributed by atoms with van der Waals surface area (Å²) in [5, 5.41) is 10.0. The van der Waals surface area contributed by atoms with Gasteiger partial charge in [-0.2, -0.15) is 0 Å². The third kappa shape index (κ3) is 5.12. The van der Waals surface area contributed by atoms with Crippen LogP contribution in [0.2, 0.25) is 0 Å². The first-order chi connectivity index (χ1) is 17.0. The van der Waals surface area contributed by atoms with Gasteiger partial charge in [-0.3, -0.25) is 9.59 Å². The molecule has 0 heterocycles. The molecule has 0 aliphatic carbocycles. The van der Waals surface area contributed by atoms with Crippen molar-refractivity contribution >= 4 is 45.1 Å². The van der Waals surface area contributed by atoms with Gasteiger partial charge in [0, 0.05) is 11.3 Å². The molecule has 170 valence electrons. The highest BCUT2D eigenvalue weighted by molar-refractivity contribution is 6.11. The zero-order chi connectivity index (χ0) is 24.2. The quantitative estimate of drug-likeness (QED) is 0.289. The summed E-state index contributed by atoms with van der Waals surface area (Å²) in [6.07, 6.45) is 1.70. The average Bonchev–Trinajstić information content (AvgIpc) is 2.88. The molecule has 5 aromatic rings. The second-order valence-corrected chi connectivity index (χ2v) is 8.50. The number of rotatable bonds is 5. The summed E-state index contributed by atoms with van der Waals surface area (Å²) in [5.41, 5.74) is 3.18. The van der Waals surface area contributed by atoms with Crippen LogP contribution >= 0.6 is 0 Å². The van der Waals surface area contributed by atoms with Crippen LogP contribution in [-0.2, 0) is 4.79 Å². The Hall–Kier alpha value is -4.70. The summed E-state index contributed by atoms with van der Waals surface area (Å²) in [4.78, 5) is 26.3. The molecule has 2 amide bonds. The van der Waals surface area contributed by atoms with Crippen LogP contribution in [0.4, 0.5) is 5.69 Å². The summed E-state index contributed by atoms with van der Waals surface area (Å²) < 4.78 is 0. The van der Waals surface area contributed by atoms with Crippen LogP contribution in [0.25, 0.3) is 27.6 Å². The Morgan fingerprint density at radius 3 is 1.94 bits per heavy atom. The number of carbonyl (C=O) groups excluding carboxylic acids is 2. The fourth-order valence-corrected chi connectivity index (χ4v) is 3.99. The molecule has 0 radical (unpaired) electrons. The van der Waals surface area contributed by atoms with Gasteiger partial charge in [0.05, 0.1) is 0 Å². The molecule has 0 saturated heterocycles. The summed E-state index contributed by atoms with van der Waals surface area (Å²) in [6.45, 7) is 1.96. The molecule has 0 spiro atoms. The van der Waals surface area contributed by atoms with E-state index >= 15 is 0 Å². The van der Waals surface area contributed by atoms with Gasteiger partial charge in [-0.15, -0.1) is 0 Å². The van der Waals surface area contributed by atoms with Crippen LogP contribution in [0, 0.1) is 6.92 Å². The molecule has 0 fully saturated rings. The zero-order valence-electron chi connectivity index (χ0n) is 19.3. The fraction of sp³-hybridized carbons (Fsp3) is 0.0323. The minimum Gasteiger partial charge on any atom is -0.321 e. The van der Waals surface area contributed by atoms with E-state index in [0.29, 0.717) is 11.3 Å². The van der Waals surface area contributed by atoms with E-state index in [4.69, 9.17) is 0 Å². The zero-order valence-corrected chi connectivity index (χ0v) is 19.3. The molecule has 0 aromatic heterocycles. The van der Waals surface area contributed by atoms with E-state index in [1.807, 2.05) is 104 Å². The minimum atomic E-state index is -0.395. The topological polar surface area (TPSA) is 58.2 Å². The van der Waals surface area contributed by atoms with Gasteiger partial charge in [0.15, 0.2) is 0 Å². The fourth-order valence-electron chi connectivity index (χ4n) is 3.99. The second kappa shape index (κ2) is 9.65. The lowest BCUT2D eigenvalue weighted by Gasteiger charge is -2.12. The van der Waals surface area contributed by atoms with Crippen molar-refractivity contribution in [3.05, 3.63) is 132 Å². The highest BCUT2D eigenvalue weighted by atomic mass is 16.2. The molecule has 0 bridgehead atoms. The molecule has 0 aliphatic heterocycles. The second-order valence-electron chi connectivity index (χ2n) is 8.50. The number of hydrogen-bond acceptors (Lipinski definition) is 2. The molecule has 35 heavy (non-hydrogen) atoms. The number of hydrogen-bond donors (Lipinski definition) is 2. The van der Waals surface area contributed by atoms with Crippen LogP contribution in [-0.4, -0.2) is 11.8 Å². The first-order valence-electron chi connectivity index (χ1n) is 11.4. The highest BCUT2D eigenvalue weighted by Crippen LogP contribution is 2.21. The number of carbonyl (C=O) groups is 2. The number of nitrogens with one attached hydrogen (secondary N) is 2. The van der Waals surface area contributed by atoms with Crippen molar-refractivity contribution in [1.82, 2.24) is 5.32 Å². The maximum absolute atomic E-state index is 13.3. The lowest BCUT2D eigenvalue weighted by molar-refractivity contribution is -0.113. The molecule has 0 saturated carbocycles. The van der Waals surface area contributed by atoms with Gasteiger partial charge < -0.3 is 10.6 Å². The minimum absolute atomic E-state index is 0.166. The number of fused-ring (bicyclic) bond motifs is 2. The normalized spacial score (nSPS) is 11.4. The van der Waals surface area contributed by atoms with E-state index in [1.165, 1.54) is 0 Å². The largest absolute Gasteiger partial charge is 0.321 e. The Morgan fingerprint density at radius 2 is 1.26 bits per heavy atom. The number of aryl methyl sites for hydroxylation is 1. The van der Waals surface area contributed by atoms with Crippen molar-refractivity contribution in [3.8, 4) is 0 Å². The molecule has 0 aliphatic rings. The number of anilines is 1. The van der Waals surface area contributed by atoms with Crippen molar-refractivity contribution < 1.29 is 9.59 Å². The predicted octanol–water partition coefficient (Wildman–Crippen LogP) is 6.71.